The lowest BCUT2D eigenvalue weighted by atomic mass is 9.81. The topological polar surface area (TPSA) is 88.2 Å². The minimum absolute atomic E-state index is 0.00643. The fraction of sp³-hybridized carbons (Fsp3) is 0.536. The summed E-state index contributed by atoms with van der Waals surface area (Å²) < 4.78 is 56.0. The molecule has 2 aromatic carbocycles. The van der Waals surface area contributed by atoms with Gasteiger partial charge in [0.25, 0.3) is 10.2 Å². The maximum Gasteiger partial charge on any atom is 0.410 e. The predicted octanol–water partition coefficient (Wildman–Crippen LogP) is 4.24. The second kappa shape index (κ2) is 12.5. The van der Waals surface area contributed by atoms with Gasteiger partial charge in [-0.2, -0.15) is 17.4 Å². The van der Waals surface area contributed by atoms with Gasteiger partial charge in [-0.25, -0.2) is 9.18 Å². The summed E-state index contributed by atoms with van der Waals surface area (Å²) in [6, 6.07) is 17.7. The molecule has 1 unspecified atom stereocenters. The van der Waals surface area contributed by atoms with E-state index in [0.717, 1.165) is 21.9 Å². The molecule has 0 radical (unpaired) electrons. The molecule has 1 N–H and O–H groups in total. The first kappa shape index (κ1) is 28.5. The summed E-state index contributed by atoms with van der Waals surface area (Å²) in [4.78, 5) is 14.7. The van der Waals surface area contributed by atoms with Crippen LogP contribution in [-0.4, -0.2) is 74.8 Å². The molecule has 208 valence electrons. The van der Waals surface area contributed by atoms with E-state index in [4.69, 9.17) is 9.47 Å². The molecule has 1 aliphatic carbocycles. The fourth-order valence-corrected chi connectivity index (χ4v) is 6.26. The van der Waals surface area contributed by atoms with Gasteiger partial charge in [0.2, 0.25) is 0 Å². The van der Waals surface area contributed by atoms with Crippen molar-refractivity contribution in [3.8, 4) is 0 Å². The first-order valence-electron chi connectivity index (χ1n) is 13.1. The van der Waals surface area contributed by atoms with Crippen molar-refractivity contribution in [2.75, 3.05) is 20.7 Å². The Morgan fingerprint density at radius 3 is 2.34 bits per heavy atom. The minimum atomic E-state index is -3.76. The van der Waals surface area contributed by atoms with E-state index in [1.807, 2.05) is 67.6 Å². The van der Waals surface area contributed by atoms with Crippen molar-refractivity contribution >= 4 is 16.3 Å². The monoisotopic (exact) mass is 547 g/mol. The number of hydrogen-bond acceptors (Lipinski definition) is 5. The van der Waals surface area contributed by atoms with Gasteiger partial charge in [-0.3, -0.25) is 4.90 Å². The van der Waals surface area contributed by atoms with E-state index in [2.05, 4.69) is 4.72 Å². The summed E-state index contributed by atoms with van der Waals surface area (Å²) in [5.74, 6) is 0.140. The fourth-order valence-electron chi connectivity index (χ4n) is 5.41. The zero-order valence-electron chi connectivity index (χ0n) is 22.2. The van der Waals surface area contributed by atoms with Crippen molar-refractivity contribution in [2.45, 2.75) is 75.5 Å². The standard InChI is InChI=1S/C28H38FN3O5S/c1-20-16-25(30-38(34,35)31(2)3)26(32(20)28(33)37-18-21-10-6-4-7-11-21)19-36-27-15-14-23(17-24(27)29)22-12-8-5-9-13-22/h4-13,20,23-27,30H,14-19H2,1-3H3/t20-,23+,24?,25+,26+,27-/m1/s1. The molecule has 38 heavy (non-hydrogen) atoms. The van der Waals surface area contributed by atoms with Crippen LogP contribution < -0.4 is 4.72 Å². The molecular weight excluding hydrogens is 509 g/mol. The number of likely N-dealkylation sites (tertiary alicyclic amines) is 1. The van der Waals surface area contributed by atoms with Crippen molar-refractivity contribution in [3.63, 3.8) is 0 Å². The van der Waals surface area contributed by atoms with E-state index in [0.29, 0.717) is 19.3 Å². The van der Waals surface area contributed by atoms with Gasteiger partial charge in [-0.15, -0.1) is 0 Å². The second-order valence-electron chi connectivity index (χ2n) is 10.4. The molecule has 0 aromatic heterocycles. The molecule has 1 amide bonds. The Morgan fingerprint density at radius 2 is 1.71 bits per heavy atom. The molecule has 8 nitrogen and oxygen atoms in total. The number of hydrogen-bond donors (Lipinski definition) is 1. The number of nitrogens with zero attached hydrogens (tertiary/aromatic N) is 2. The van der Waals surface area contributed by atoms with Gasteiger partial charge < -0.3 is 9.47 Å². The number of nitrogens with one attached hydrogen (secondary N) is 1. The van der Waals surface area contributed by atoms with Crippen molar-refractivity contribution in [1.82, 2.24) is 13.9 Å². The quantitative estimate of drug-likeness (QED) is 0.507. The highest BCUT2D eigenvalue weighted by atomic mass is 32.2. The third kappa shape index (κ3) is 6.91. The highest BCUT2D eigenvalue weighted by Crippen LogP contribution is 2.36. The second-order valence-corrected chi connectivity index (χ2v) is 12.3. The Kier molecular flexibility index (Phi) is 9.40. The number of alkyl halides is 1. The van der Waals surface area contributed by atoms with Crippen molar-refractivity contribution in [3.05, 3.63) is 71.8 Å². The molecule has 2 aliphatic rings. The van der Waals surface area contributed by atoms with E-state index < -0.39 is 40.7 Å². The average Bonchev–Trinajstić information content (AvgIpc) is 3.21. The molecule has 1 aliphatic heterocycles. The Morgan fingerprint density at radius 1 is 1.05 bits per heavy atom. The number of ether oxygens (including phenoxy) is 2. The molecule has 10 heteroatoms. The summed E-state index contributed by atoms with van der Waals surface area (Å²) in [6.07, 6.45) is -0.199. The molecule has 1 saturated heterocycles. The summed E-state index contributed by atoms with van der Waals surface area (Å²) in [7, 11) is -0.876. The molecule has 0 bridgehead atoms. The Balaban J connectivity index is 1.44. The van der Waals surface area contributed by atoms with Gasteiger partial charge >= 0.3 is 6.09 Å². The zero-order valence-corrected chi connectivity index (χ0v) is 23.0. The van der Waals surface area contributed by atoms with Gasteiger partial charge in [-0.05, 0) is 49.7 Å². The summed E-state index contributed by atoms with van der Waals surface area (Å²) in [6.45, 7) is 1.96. The lowest BCUT2D eigenvalue weighted by Crippen LogP contribution is -2.52. The summed E-state index contributed by atoms with van der Waals surface area (Å²) in [5.41, 5.74) is 1.98. The van der Waals surface area contributed by atoms with E-state index in [1.165, 1.54) is 19.0 Å². The van der Waals surface area contributed by atoms with Crippen molar-refractivity contribution < 1.29 is 27.1 Å². The number of amides is 1. The third-order valence-corrected chi connectivity index (χ3v) is 9.12. The van der Waals surface area contributed by atoms with E-state index >= 15 is 4.39 Å². The molecule has 2 fully saturated rings. The van der Waals surface area contributed by atoms with Crippen LogP contribution >= 0.6 is 0 Å². The first-order chi connectivity index (χ1) is 18.2. The number of benzene rings is 2. The molecule has 1 heterocycles. The number of carbonyl (C=O) groups excluding carboxylic acids is 1. The maximum atomic E-state index is 15.2. The SMILES string of the molecule is C[C@@H]1C[C@H](NS(=O)(=O)N(C)C)[C@H](CO[C@@H]2CC[C@H](c3ccccc3)CC2F)N1C(=O)OCc1ccccc1. The van der Waals surface area contributed by atoms with Crippen LogP contribution in [-0.2, 0) is 26.3 Å². The molecule has 4 rings (SSSR count). The maximum absolute atomic E-state index is 15.2. The lowest BCUT2D eigenvalue weighted by Gasteiger charge is -2.35. The molecular formula is C28H38FN3O5S. The Hall–Kier alpha value is -2.53. The van der Waals surface area contributed by atoms with Crippen LogP contribution in [0.25, 0.3) is 0 Å². The molecule has 2 aromatic rings. The largest absolute Gasteiger partial charge is 0.445 e. The summed E-state index contributed by atoms with van der Waals surface area (Å²) in [5, 5.41) is 0. The number of carbonyl (C=O) groups is 1. The van der Waals surface area contributed by atoms with Crippen LogP contribution in [0.2, 0.25) is 0 Å². The smallest absolute Gasteiger partial charge is 0.410 e. The minimum Gasteiger partial charge on any atom is -0.445 e. The lowest BCUT2D eigenvalue weighted by molar-refractivity contribution is -0.0492. The summed E-state index contributed by atoms with van der Waals surface area (Å²) >= 11 is 0. The zero-order chi connectivity index (χ0) is 27.3. The Bertz CT molecular complexity index is 1150. The van der Waals surface area contributed by atoms with Gasteiger partial charge in [0.05, 0.1) is 18.8 Å². The molecule has 0 spiro atoms. The van der Waals surface area contributed by atoms with Crippen molar-refractivity contribution in [2.24, 2.45) is 0 Å². The van der Waals surface area contributed by atoms with Gasteiger partial charge in [-0.1, -0.05) is 60.7 Å². The van der Waals surface area contributed by atoms with Crippen LogP contribution in [0, 0.1) is 0 Å². The number of halogens is 1. The van der Waals surface area contributed by atoms with Crippen LogP contribution in [0.5, 0.6) is 0 Å². The van der Waals surface area contributed by atoms with E-state index in [-0.39, 0.29) is 25.2 Å². The average molecular weight is 548 g/mol. The third-order valence-electron chi connectivity index (χ3n) is 7.55. The van der Waals surface area contributed by atoms with Crippen LogP contribution in [0.4, 0.5) is 9.18 Å². The molecule has 6 atom stereocenters. The van der Waals surface area contributed by atoms with Crippen LogP contribution in [0.15, 0.2) is 60.7 Å². The van der Waals surface area contributed by atoms with Gasteiger partial charge in [0, 0.05) is 26.2 Å². The van der Waals surface area contributed by atoms with Crippen LogP contribution in [0.1, 0.15) is 49.7 Å². The van der Waals surface area contributed by atoms with Crippen LogP contribution in [0.3, 0.4) is 0 Å². The van der Waals surface area contributed by atoms with Gasteiger partial charge in [0.15, 0.2) is 0 Å². The Labute approximate surface area is 225 Å². The van der Waals surface area contributed by atoms with Crippen molar-refractivity contribution in [1.29, 1.82) is 0 Å². The normalized spacial score (nSPS) is 28.0. The predicted molar refractivity (Wildman–Crippen MR) is 144 cm³/mol. The highest BCUT2D eigenvalue weighted by Gasteiger charge is 2.45. The van der Waals surface area contributed by atoms with Gasteiger partial charge in [0.1, 0.15) is 12.8 Å². The first-order valence-corrected chi connectivity index (χ1v) is 14.6. The highest BCUT2D eigenvalue weighted by molar-refractivity contribution is 7.87. The molecule has 1 saturated carbocycles. The van der Waals surface area contributed by atoms with E-state index in [1.54, 1.807) is 0 Å². The van der Waals surface area contributed by atoms with E-state index in [9.17, 15) is 13.2 Å². The number of rotatable bonds is 9.